The number of esters is 1. The molecule has 6 heteroatoms. The average Bonchev–Trinajstić information content (AvgIpc) is 1.93. The molecular weight excluding hydrogens is 177 g/mol. The van der Waals surface area contributed by atoms with E-state index in [0.29, 0.717) is 0 Å². The maximum atomic E-state index is 12.0. The highest BCUT2D eigenvalue weighted by atomic mass is 19.4. The van der Waals surface area contributed by atoms with Crippen molar-refractivity contribution in [3.05, 3.63) is 0 Å². The van der Waals surface area contributed by atoms with Gasteiger partial charge in [-0.2, -0.15) is 13.2 Å². The first-order chi connectivity index (χ1) is 5.35. The van der Waals surface area contributed by atoms with Gasteiger partial charge in [0, 0.05) is 6.42 Å². The van der Waals surface area contributed by atoms with E-state index in [9.17, 15) is 18.0 Å². The second-order valence-electron chi connectivity index (χ2n) is 2.69. The first kappa shape index (κ1) is 9.31. The summed E-state index contributed by atoms with van der Waals surface area (Å²) >= 11 is 0. The predicted octanol–water partition coefficient (Wildman–Crippen LogP) is 0.617. The zero-order valence-corrected chi connectivity index (χ0v) is 6.02. The van der Waals surface area contributed by atoms with Gasteiger partial charge in [-0.05, 0) is 6.42 Å². The van der Waals surface area contributed by atoms with E-state index in [-0.39, 0.29) is 0 Å². The molecule has 0 aromatic rings. The molecule has 1 N–H and O–H groups in total. The molecular formula is C6H7F3O3. The highest BCUT2D eigenvalue weighted by Crippen LogP contribution is 2.36. The third-order valence-electron chi connectivity index (χ3n) is 1.74. The summed E-state index contributed by atoms with van der Waals surface area (Å²) < 4.78 is 40.1. The summed E-state index contributed by atoms with van der Waals surface area (Å²) in [5, 5.41) is 8.92. The minimum absolute atomic E-state index is 0.393. The molecule has 12 heavy (non-hydrogen) atoms. The number of alkyl halides is 3. The molecule has 1 fully saturated rings. The molecule has 0 amide bonds. The number of carbonyl (C=O) groups excluding carboxylic acids is 1. The van der Waals surface area contributed by atoms with Crippen molar-refractivity contribution in [3.8, 4) is 0 Å². The van der Waals surface area contributed by atoms with Gasteiger partial charge in [0.1, 0.15) is 6.61 Å². The van der Waals surface area contributed by atoms with E-state index in [1.54, 1.807) is 0 Å². The van der Waals surface area contributed by atoms with Gasteiger partial charge in [0.05, 0.1) is 0 Å². The van der Waals surface area contributed by atoms with E-state index >= 15 is 0 Å². The van der Waals surface area contributed by atoms with Crippen molar-refractivity contribution >= 4 is 5.97 Å². The van der Waals surface area contributed by atoms with E-state index in [2.05, 4.69) is 4.74 Å². The van der Waals surface area contributed by atoms with Crippen molar-refractivity contribution in [2.75, 3.05) is 6.61 Å². The van der Waals surface area contributed by atoms with Crippen molar-refractivity contribution in [2.45, 2.75) is 24.6 Å². The first-order valence-electron chi connectivity index (χ1n) is 3.30. The molecule has 1 heterocycles. The lowest BCUT2D eigenvalue weighted by atomic mass is 9.96. The predicted molar refractivity (Wildman–Crippen MR) is 31.2 cm³/mol. The molecule has 1 aliphatic rings. The molecule has 1 unspecified atom stereocenters. The molecule has 3 nitrogen and oxygen atoms in total. The molecule has 1 aliphatic heterocycles. The summed E-state index contributed by atoms with van der Waals surface area (Å²) in [5.74, 6) is -0.705. The molecule has 1 rings (SSSR count). The van der Waals surface area contributed by atoms with Crippen LogP contribution in [0.25, 0.3) is 0 Å². The summed E-state index contributed by atoms with van der Waals surface area (Å²) in [7, 11) is 0. The van der Waals surface area contributed by atoms with Crippen LogP contribution >= 0.6 is 0 Å². The summed E-state index contributed by atoms with van der Waals surface area (Å²) in [4.78, 5) is 10.4. The molecule has 0 aliphatic carbocycles. The summed E-state index contributed by atoms with van der Waals surface area (Å²) in [6.45, 7) is -0.991. The van der Waals surface area contributed by atoms with Crippen molar-refractivity contribution in [1.29, 1.82) is 0 Å². The number of ether oxygens (including phenoxy) is 1. The van der Waals surface area contributed by atoms with Gasteiger partial charge in [0.15, 0.2) is 5.60 Å². The van der Waals surface area contributed by atoms with Crippen LogP contribution in [0.3, 0.4) is 0 Å². The lowest BCUT2D eigenvalue weighted by Crippen LogP contribution is -2.52. The highest BCUT2D eigenvalue weighted by Gasteiger charge is 2.56. The van der Waals surface area contributed by atoms with Crippen LogP contribution in [0.2, 0.25) is 0 Å². The van der Waals surface area contributed by atoms with E-state index in [4.69, 9.17) is 5.11 Å². The number of halogens is 3. The van der Waals surface area contributed by atoms with Crippen LogP contribution in [0.5, 0.6) is 0 Å². The van der Waals surface area contributed by atoms with E-state index in [1.165, 1.54) is 0 Å². The summed E-state index contributed by atoms with van der Waals surface area (Å²) in [6.07, 6.45) is -5.74. The number of cyclic esters (lactones) is 1. The molecule has 0 radical (unpaired) electrons. The van der Waals surface area contributed by atoms with Gasteiger partial charge in [0.25, 0.3) is 0 Å². The third kappa shape index (κ3) is 1.52. The van der Waals surface area contributed by atoms with Gasteiger partial charge in [-0.1, -0.05) is 0 Å². The van der Waals surface area contributed by atoms with Gasteiger partial charge >= 0.3 is 12.1 Å². The molecule has 0 bridgehead atoms. The van der Waals surface area contributed by atoms with Crippen molar-refractivity contribution in [2.24, 2.45) is 0 Å². The molecule has 0 aromatic heterocycles. The maximum Gasteiger partial charge on any atom is 0.420 e. The van der Waals surface area contributed by atoms with Gasteiger partial charge in [-0.15, -0.1) is 0 Å². The third-order valence-corrected chi connectivity index (χ3v) is 1.74. The minimum atomic E-state index is -4.73. The molecule has 1 atom stereocenters. The van der Waals surface area contributed by atoms with Crippen LogP contribution in [-0.2, 0) is 9.53 Å². The quantitative estimate of drug-likeness (QED) is 0.561. The summed E-state index contributed by atoms with van der Waals surface area (Å²) in [5.41, 5.74) is -2.85. The van der Waals surface area contributed by atoms with E-state index < -0.39 is 37.2 Å². The topological polar surface area (TPSA) is 46.5 Å². The SMILES string of the molecule is O=C1CCC(O)(C(F)(F)F)CO1. The Balaban J connectivity index is 2.68. The molecule has 1 saturated heterocycles. The smallest absolute Gasteiger partial charge is 0.420 e. The minimum Gasteiger partial charge on any atom is -0.462 e. The summed E-state index contributed by atoms with van der Waals surface area (Å²) in [6, 6.07) is 0. The van der Waals surface area contributed by atoms with Crippen LogP contribution in [0, 0.1) is 0 Å². The van der Waals surface area contributed by atoms with Crippen molar-refractivity contribution < 1.29 is 27.8 Å². The maximum absolute atomic E-state index is 12.0. The molecule has 70 valence electrons. The molecule has 0 spiro atoms. The Bertz CT molecular complexity index is 189. The monoisotopic (exact) mass is 184 g/mol. The van der Waals surface area contributed by atoms with Crippen molar-refractivity contribution in [1.82, 2.24) is 0 Å². The van der Waals surface area contributed by atoms with Crippen LogP contribution in [0.1, 0.15) is 12.8 Å². The Morgan fingerprint density at radius 3 is 2.42 bits per heavy atom. The Hall–Kier alpha value is -0.780. The fraction of sp³-hybridized carbons (Fsp3) is 0.833. The molecule has 0 aromatic carbocycles. The van der Waals surface area contributed by atoms with Crippen LogP contribution < -0.4 is 0 Å². The number of rotatable bonds is 0. The first-order valence-corrected chi connectivity index (χ1v) is 3.30. The number of carbonyl (C=O) groups is 1. The number of hydrogen-bond acceptors (Lipinski definition) is 3. The van der Waals surface area contributed by atoms with E-state index in [0.717, 1.165) is 0 Å². The Kier molecular flexibility index (Phi) is 2.03. The standard InChI is InChI=1S/C6H7F3O3/c7-6(8,9)5(11)2-1-4(10)12-3-5/h11H,1-3H2. The van der Waals surface area contributed by atoms with E-state index in [1.807, 2.05) is 0 Å². The highest BCUT2D eigenvalue weighted by molar-refractivity contribution is 5.70. The fourth-order valence-corrected chi connectivity index (χ4v) is 0.877. The largest absolute Gasteiger partial charge is 0.462 e. The van der Waals surface area contributed by atoms with Crippen LogP contribution in [-0.4, -0.2) is 29.5 Å². The Labute approximate surface area is 66.1 Å². The van der Waals surface area contributed by atoms with Crippen LogP contribution in [0.4, 0.5) is 13.2 Å². The Morgan fingerprint density at radius 2 is 2.08 bits per heavy atom. The second kappa shape index (κ2) is 2.62. The molecule has 0 saturated carbocycles. The fourth-order valence-electron chi connectivity index (χ4n) is 0.877. The second-order valence-corrected chi connectivity index (χ2v) is 2.69. The lowest BCUT2D eigenvalue weighted by molar-refractivity contribution is -0.282. The Morgan fingerprint density at radius 1 is 1.50 bits per heavy atom. The van der Waals surface area contributed by atoms with Gasteiger partial charge in [0.2, 0.25) is 0 Å². The lowest BCUT2D eigenvalue weighted by Gasteiger charge is -2.32. The zero-order chi connectivity index (χ0) is 9.41. The van der Waals surface area contributed by atoms with Crippen molar-refractivity contribution in [3.63, 3.8) is 0 Å². The number of hydrogen-bond donors (Lipinski definition) is 1. The van der Waals surface area contributed by atoms with Gasteiger partial charge in [-0.25, -0.2) is 0 Å². The average molecular weight is 184 g/mol. The zero-order valence-electron chi connectivity index (χ0n) is 6.02. The van der Waals surface area contributed by atoms with Gasteiger partial charge in [-0.3, -0.25) is 4.79 Å². The van der Waals surface area contributed by atoms with Gasteiger partial charge < -0.3 is 9.84 Å². The number of aliphatic hydroxyl groups is 1. The normalized spacial score (nSPS) is 31.5. The van der Waals surface area contributed by atoms with Crippen LogP contribution in [0.15, 0.2) is 0 Å².